The topological polar surface area (TPSA) is 30.2 Å². The minimum atomic E-state index is -0.758. The molecule has 1 aromatic heterocycles. The third kappa shape index (κ3) is 4.75. The largest absolute Gasteiger partial charge is 0.326 e. The summed E-state index contributed by atoms with van der Waals surface area (Å²) in [5, 5.41) is 0. The molecule has 0 aliphatic heterocycles. The number of rotatable bonds is 7. The van der Waals surface area contributed by atoms with Crippen LogP contribution in [0.25, 0.3) is 33.3 Å². The normalized spacial score (nSPS) is 11.7. The summed E-state index contributed by atoms with van der Waals surface area (Å²) in [4.78, 5) is 10.8. The summed E-state index contributed by atoms with van der Waals surface area (Å²) in [6.45, 7) is 0. The van der Waals surface area contributed by atoms with Crippen LogP contribution in [0.4, 0.5) is 0 Å². The van der Waals surface area contributed by atoms with Gasteiger partial charge < -0.3 is 4.57 Å². The number of fused-ring (bicyclic) bond motifs is 1. The Hall–Kier alpha value is -5.54. The lowest BCUT2D eigenvalue weighted by molar-refractivity contribution is 0.658. The van der Waals surface area contributed by atoms with Crippen LogP contribution >= 0.6 is 0 Å². The van der Waals surface area contributed by atoms with Crippen LogP contribution in [0.15, 0.2) is 169 Å². The maximum Gasteiger partial charge on any atom is 0.151 e. The highest BCUT2D eigenvalue weighted by Gasteiger charge is 2.35. The predicted molar refractivity (Wildman–Crippen MR) is 178 cm³/mol. The van der Waals surface area contributed by atoms with Gasteiger partial charge in [0, 0.05) is 18.2 Å². The Kier molecular flexibility index (Phi) is 6.98. The molecule has 0 amide bonds. The van der Waals surface area contributed by atoms with E-state index in [1.165, 1.54) is 0 Å². The van der Waals surface area contributed by atoms with E-state index < -0.39 is 5.54 Å². The maximum absolute atomic E-state index is 5.49. The fourth-order valence-corrected chi connectivity index (χ4v) is 6.07. The van der Waals surface area contributed by atoms with Crippen molar-refractivity contribution in [2.45, 2.75) is 5.54 Å². The van der Waals surface area contributed by atoms with Gasteiger partial charge in [0.15, 0.2) is 5.82 Å². The fourth-order valence-electron chi connectivity index (χ4n) is 6.07. The molecule has 0 unspecified atom stereocenters. The van der Waals surface area contributed by atoms with E-state index in [-0.39, 0.29) is 0 Å². The van der Waals surface area contributed by atoms with Crippen LogP contribution in [-0.4, -0.2) is 15.8 Å². The van der Waals surface area contributed by atoms with Crippen molar-refractivity contribution in [3.63, 3.8) is 0 Å². The molecule has 0 atom stereocenters. The first-order chi connectivity index (χ1) is 21.3. The summed E-state index contributed by atoms with van der Waals surface area (Å²) < 4.78 is 2.18. The van der Waals surface area contributed by atoms with E-state index in [4.69, 9.17) is 9.98 Å². The molecule has 1 heterocycles. The van der Waals surface area contributed by atoms with Crippen molar-refractivity contribution < 1.29 is 0 Å². The number of aliphatic imine (C=N–C) groups is 1. The van der Waals surface area contributed by atoms with Gasteiger partial charge in [-0.1, -0.05) is 164 Å². The molecule has 0 saturated heterocycles. The average molecular weight is 554 g/mol. The molecular weight excluding hydrogens is 522 g/mol. The minimum absolute atomic E-state index is 0.758. The molecule has 0 radical (unpaired) electrons. The van der Waals surface area contributed by atoms with E-state index in [9.17, 15) is 0 Å². The molecule has 0 fully saturated rings. The van der Waals surface area contributed by atoms with Gasteiger partial charge in [0.05, 0.1) is 17.2 Å². The molecule has 0 N–H and O–H groups in total. The molecule has 3 nitrogen and oxygen atoms in total. The minimum Gasteiger partial charge on any atom is -0.326 e. The van der Waals surface area contributed by atoms with Gasteiger partial charge in [-0.05, 0) is 27.8 Å². The Bertz CT molecular complexity index is 1900. The van der Waals surface area contributed by atoms with E-state index in [1.54, 1.807) is 0 Å². The lowest BCUT2D eigenvalue weighted by Gasteiger charge is -2.32. The monoisotopic (exact) mass is 553 g/mol. The van der Waals surface area contributed by atoms with Gasteiger partial charge in [0.2, 0.25) is 0 Å². The number of hydrogen-bond acceptors (Lipinski definition) is 2. The lowest BCUT2D eigenvalue weighted by atomic mass is 9.77. The second-order valence-electron chi connectivity index (χ2n) is 10.7. The quantitative estimate of drug-likeness (QED) is 0.143. The Morgan fingerprint density at radius 3 is 1.37 bits per heavy atom. The van der Waals surface area contributed by atoms with Crippen LogP contribution in [0.1, 0.15) is 22.5 Å². The first kappa shape index (κ1) is 26.4. The molecular formula is C40H31N3. The lowest BCUT2D eigenvalue weighted by Crippen LogP contribution is -2.27. The first-order valence-corrected chi connectivity index (χ1v) is 14.6. The van der Waals surface area contributed by atoms with Crippen molar-refractivity contribution in [1.29, 1.82) is 0 Å². The Balaban J connectivity index is 1.49. The highest BCUT2D eigenvalue weighted by Crippen LogP contribution is 2.41. The highest BCUT2D eigenvalue weighted by molar-refractivity contribution is 6.03. The van der Waals surface area contributed by atoms with Crippen molar-refractivity contribution in [3.05, 3.63) is 186 Å². The number of benzene rings is 6. The van der Waals surface area contributed by atoms with E-state index >= 15 is 0 Å². The molecule has 0 aliphatic rings. The van der Waals surface area contributed by atoms with Gasteiger partial charge in [-0.2, -0.15) is 0 Å². The number of imidazole rings is 1. The van der Waals surface area contributed by atoms with Gasteiger partial charge in [0.25, 0.3) is 0 Å². The van der Waals surface area contributed by atoms with Crippen molar-refractivity contribution in [1.82, 2.24) is 9.55 Å². The van der Waals surface area contributed by atoms with Crippen LogP contribution < -0.4 is 0 Å². The zero-order valence-electron chi connectivity index (χ0n) is 24.0. The summed E-state index contributed by atoms with van der Waals surface area (Å²) in [7, 11) is 2.09. The Morgan fingerprint density at radius 1 is 0.512 bits per heavy atom. The third-order valence-corrected chi connectivity index (χ3v) is 8.17. The number of nitrogens with zero attached hydrogens (tertiary/aromatic N) is 3. The second kappa shape index (κ2) is 11.4. The zero-order chi connectivity index (χ0) is 29.1. The van der Waals surface area contributed by atoms with Crippen LogP contribution in [0.5, 0.6) is 0 Å². The molecule has 0 aliphatic carbocycles. The highest BCUT2D eigenvalue weighted by atomic mass is 15.1. The first-order valence-electron chi connectivity index (χ1n) is 14.6. The zero-order valence-corrected chi connectivity index (χ0v) is 24.0. The number of aryl methyl sites for hydroxylation is 1. The van der Waals surface area contributed by atoms with Crippen molar-refractivity contribution in [3.8, 4) is 22.3 Å². The summed E-state index contributed by atoms with van der Waals surface area (Å²) in [5.74, 6) is 0.794. The summed E-state index contributed by atoms with van der Waals surface area (Å²) in [5.41, 5.74) is 9.11. The third-order valence-electron chi connectivity index (χ3n) is 8.17. The molecule has 0 saturated carbocycles. The molecule has 7 aromatic rings. The van der Waals surface area contributed by atoms with Crippen molar-refractivity contribution in [2.24, 2.45) is 12.0 Å². The van der Waals surface area contributed by atoms with E-state index in [2.05, 4.69) is 169 Å². The summed E-state index contributed by atoms with van der Waals surface area (Å²) in [6.07, 6.45) is 1.95. The van der Waals surface area contributed by atoms with E-state index in [0.29, 0.717) is 0 Å². The fraction of sp³-hybridized carbons (Fsp3) is 0.0500. The molecule has 0 bridgehead atoms. The van der Waals surface area contributed by atoms with Crippen molar-refractivity contribution in [2.75, 3.05) is 0 Å². The smallest absolute Gasteiger partial charge is 0.151 e. The van der Waals surface area contributed by atoms with Crippen LogP contribution in [0, 0.1) is 0 Å². The molecule has 43 heavy (non-hydrogen) atoms. The maximum atomic E-state index is 5.49. The number of aromatic nitrogens is 2. The van der Waals surface area contributed by atoms with E-state index in [0.717, 1.165) is 55.8 Å². The molecule has 206 valence electrons. The van der Waals surface area contributed by atoms with Gasteiger partial charge in [-0.3, -0.25) is 4.99 Å². The SMILES string of the molecule is Cn1c(C=NC(c2ccccc2)(c2ccccc2)c2ccccc2)nc2c(-c3ccccc3)ccc(-c3ccccc3)c21. The molecule has 6 aromatic carbocycles. The van der Waals surface area contributed by atoms with Crippen LogP contribution in [-0.2, 0) is 12.6 Å². The molecule has 3 heteroatoms. The van der Waals surface area contributed by atoms with Gasteiger partial charge in [-0.15, -0.1) is 0 Å². The van der Waals surface area contributed by atoms with Crippen LogP contribution in [0.2, 0.25) is 0 Å². The predicted octanol–water partition coefficient (Wildman–Crippen LogP) is 9.32. The van der Waals surface area contributed by atoms with Gasteiger partial charge in [0.1, 0.15) is 5.54 Å². The Morgan fingerprint density at radius 2 is 0.907 bits per heavy atom. The standard InChI is InChI=1S/C40H31N3/c1-43-37(42-38-35(30-17-7-2-8-18-30)27-28-36(39(38)43)31-19-9-3-10-20-31)29-41-40(32-21-11-4-12-22-32,33-23-13-5-14-24-33)34-25-15-6-16-26-34/h2-29H,1H3. The van der Waals surface area contributed by atoms with Crippen LogP contribution in [0.3, 0.4) is 0 Å². The second-order valence-corrected chi connectivity index (χ2v) is 10.7. The average Bonchev–Trinajstić information content (AvgIpc) is 3.43. The Labute approximate surface area is 252 Å². The van der Waals surface area contributed by atoms with Crippen molar-refractivity contribution >= 4 is 17.2 Å². The van der Waals surface area contributed by atoms with E-state index in [1.807, 2.05) is 12.3 Å². The van der Waals surface area contributed by atoms with Gasteiger partial charge >= 0.3 is 0 Å². The molecule has 0 spiro atoms. The summed E-state index contributed by atoms with van der Waals surface area (Å²) in [6, 6.07) is 57.0. The number of hydrogen-bond donors (Lipinski definition) is 0. The summed E-state index contributed by atoms with van der Waals surface area (Å²) >= 11 is 0. The molecule has 7 rings (SSSR count). The van der Waals surface area contributed by atoms with Gasteiger partial charge in [-0.25, -0.2) is 4.98 Å².